The van der Waals surface area contributed by atoms with E-state index in [1.54, 1.807) is 45.0 Å². The Labute approximate surface area is 164 Å². The molecule has 0 fully saturated rings. The minimum atomic E-state index is -3.99. The van der Waals surface area contributed by atoms with Crippen LogP contribution in [0.1, 0.15) is 33.3 Å². The van der Waals surface area contributed by atoms with Gasteiger partial charge < -0.3 is 9.47 Å². The average Bonchev–Trinajstić information content (AvgIpc) is 2.57. The fraction of sp³-hybridized carbons (Fsp3) is 0.471. The Morgan fingerprint density at radius 2 is 1.64 bits per heavy atom. The molecule has 3 N–H and O–H groups in total. The summed E-state index contributed by atoms with van der Waals surface area (Å²) in [6.07, 6.45) is -0.601. The zero-order valence-corrected chi connectivity index (χ0v) is 17.0. The molecular weight excluding hydrogens is 390 g/mol. The van der Waals surface area contributed by atoms with Crippen molar-refractivity contribution in [1.29, 1.82) is 0 Å². The van der Waals surface area contributed by atoms with E-state index in [1.165, 1.54) is 6.92 Å². The van der Waals surface area contributed by atoms with E-state index in [4.69, 9.17) is 4.74 Å². The Balaban J connectivity index is 2.50. The van der Waals surface area contributed by atoms with E-state index in [1.807, 2.05) is 4.72 Å². The van der Waals surface area contributed by atoms with Gasteiger partial charge in [-0.25, -0.2) is 9.59 Å². The molecule has 1 aromatic carbocycles. The van der Waals surface area contributed by atoms with Gasteiger partial charge in [-0.1, -0.05) is 12.1 Å². The number of carbonyl (C=O) groups is 3. The molecule has 0 bridgehead atoms. The van der Waals surface area contributed by atoms with Crippen LogP contribution in [0.5, 0.6) is 0 Å². The highest BCUT2D eigenvalue weighted by Crippen LogP contribution is 2.13. The van der Waals surface area contributed by atoms with Gasteiger partial charge in [0.15, 0.2) is 0 Å². The molecular formula is C17H25N3O7S. The van der Waals surface area contributed by atoms with E-state index in [-0.39, 0.29) is 13.2 Å². The maximum absolute atomic E-state index is 11.8. The Morgan fingerprint density at radius 1 is 1.04 bits per heavy atom. The number of ether oxygens (including phenoxy) is 2. The molecule has 1 aromatic rings. The first-order chi connectivity index (χ1) is 12.9. The minimum Gasteiger partial charge on any atom is -0.460 e. The monoisotopic (exact) mass is 415 g/mol. The third-order valence-corrected chi connectivity index (χ3v) is 4.04. The van der Waals surface area contributed by atoms with Gasteiger partial charge in [-0.15, -0.1) is 0 Å². The Bertz CT molecular complexity index is 799. The largest absolute Gasteiger partial charge is 0.460 e. The predicted octanol–water partition coefficient (Wildman–Crippen LogP) is 1.09. The summed E-state index contributed by atoms with van der Waals surface area (Å²) in [5.74, 6) is -2.09. The van der Waals surface area contributed by atoms with Crippen LogP contribution in [0.4, 0.5) is 10.5 Å². The first-order valence-electron chi connectivity index (χ1n) is 8.45. The molecule has 0 heterocycles. The van der Waals surface area contributed by atoms with Crippen molar-refractivity contribution in [3.8, 4) is 0 Å². The summed E-state index contributed by atoms with van der Waals surface area (Å²) >= 11 is 0. The highest BCUT2D eigenvalue weighted by Gasteiger charge is 2.19. The second-order valence-electron chi connectivity index (χ2n) is 6.61. The lowest BCUT2D eigenvalue weighted by atomic mass is 10.2. The second-order valence-corrected chi connectivity index (χ2v) is 8.20. The number of ketones is 1. The highest BCUT2D eigenvalue weighted by molar-refractivity contribution is 7.87. The lowest BCUT2D eigenvalue weighted by Gasteiger charge is -2.19. The molecule has 28 heavy (non-hydrogen) atoms. The van der Waals surface area contributed by atoms with Crippen molar-refractivity contribution in [3.05, 3.63) is 29.8 Å². The van der Waals surface area contributed by atoms with E-state index in [2.05, 4.69) is 14.8 Å². The Hall–Kier alpha value is -2.50. The summed E-state index contributed by atoms with van der Waals surface area (Å²) in [5.41, 5.74) is 0.472. The van der Waals surface area contributed by atoms with Crippen molar-refractivity contribution in [2.24, 2.45) is 0 Å². The van der Waals surface area contributed by atoms with E-state index in [9.17, 15) is 22.8 Å². The first-order valence-corrected chi connectivity index (χ1v) is 9.93. The quantitative estimate of drug-likeness (QED) is 0.405. The fourth-order valence-corrected chi connectivity index (χ4v) is 2.58. The number of hydrogen-bond acceptors (Lipinski definition) is 7. The molecule has 0 aromatic heterocycles. The molecule has 0 spiro atoms. The van der Waals surface area contributed by atoms with Crippen LogP contribution in [0, 0.1) is 0 Å². The number of nitrogens with one attached hydrogen (secondary N) is 3. The van der Waals surface area contributed by atoms with Gasteiger partial charge in [-0.05, 0) is 45.4 Å². The van der Waals surface area contributed by atoms with Crippen LogP contribution < -0.4 is 14.8 Å². The lowest BCUT2D eigenvalue weighted by Crippen LogP contribution is -2.40. The number of anilines is 1. The SMILES string of the molecule is CCOC(=O)C(=O)CNS(=O)(=O)NCc1ccc(NC(=O)OC(C)(C)C)cc1. The summed E-state index contributed by atoms with van der Waals surface area (Å²) in [4.78, 5) is 34.2. The van der Waals surface area contributed by atoms with Crippen molar-refractivity contribution < 1.29 is 32.3 Å². The van der Waals surface area contributed by atoms with Gasteiger partial charge in [-0.3, -0.25) is 10.1 Å². The topological polar surface area (TPSA) is 140 Å². The molecule has 0 aliphatic carbocycles. The van der Waals surface area contributed by atoms with Gasteiger partial charge in [-0.2, -0.15) is 17.9 Å². The lowest BCUT2D eigenvalue weighted by molar-refractivity contribution is -0.152. The van der Waals surface area contributed by atoms with Crippen LogP contribution in [0.2, 0.25) is 0 Å². The molecule has 0 radical (unpaired) electrons. The molecule has 1 amide bonds. The molecule has 0 saturated carbocycles. The minimum absolute atomic E-state index is 0.0222. The molecule has 156 valence electrons. The molecule has 0 saturated heterocycles. The van der Waals surface area contributed by atoms with E-state index in [0.717, 1.165) is 0 Å². The number of esters is 1. The standard InChI is InChI=1S/C17H25N3O7S/c1-5-26-15(22)14(21)11-19-28(24,25)18-10-12-6-8-13(9-7-12)20-16(23)27-17(2,3)4/h6-9,18-19H,5,10-11H2,1-4H3,(H,20,23). The van der Waals surface area contributed by atoms with Crippen LogP contribution in [-0.4, -0.2) is 45.0 Å². The van der Waals surface area contributed by atoms with Crippen LogP contribution in [0.15, 0.2) is 24.3 Å². The molecule has 1 rings (SSSR count). The summed E-state index contributed by atoms with van der Waals surface area (Å²) in [6.45, 7) is 6.03. The van der Waals surface area contributed by atoms with E-state index >= 15 is 0 Å². The number of Topliss-reactive ketones (excluding diaryl/α,β-unsaturated/α-hetero) is 1. The number of hydrogen-bond donors (Lipinski definition) is 3. The van der Waals surface area contributed by atoms with E-state index < -0.39 is 40.2 Å². The van der Waals surface area contributed by atoms with Gasteiger partial charge >= 0.3 is 12.1 Å². The average molecular weight is 415 g/mol. The molecule has 0 aliphatic heterocycles. The van der Waals surface area contributed by atoms with Gasteiger partial charge in [0, 0.05) is 12.2 Å². The maximum Gasteiger partial charge on any atom is 0.412 e. The summed E-state index contributed by atoms with van der Waals surface area (Å²) in [6, 6.07) is 6.40. The first kappa shape index (κ1) is 23.5. The third-order valence-electron chi connectivity index (χ3n) is 2.99. The smallest absolute Gasteiger partial charge is 0.412 e. The summed E-state index contributed by atoms with van der Waals surface area (Å²) in [7, 11) is -3.99. The van der Waals surface area contributed by atoms with Crippen LogP contribution in [0.25, 0.3) is 0 Å². The highest BCUT2D eigenvalue weighted by atomic mass is 32.2. The normalized spacial score (nSPS) is 11.6. The zero-order chi connectivity index (χ0) is 21.4. The fourth-order valence-electron chi connectivity index (χ4n) is 1.80. The third kappa shape index (κ3) is 9.44. The molecule has 0 aliphatic rings. The number of carbonyl (C=O) groups excluding carboxylic acids is 3. The molecule has 11 heteroatoms. The van der Waals surface area contributed by atoms with Crippen molar-refractivity contribution in [2.75, 3.05) is 18.5 Å². The zero-order valence-electron chi connectivity index (χ0n) is 16.2. The van der Waals surface area contributed by atoms with Crippen molar-refractivity contribution in [3.63, 3.8) is 0 Å². The molecule has 10 nitrogen and oxygen atoms in total. The number of amides is 1. The van der Waals surface area contributed by atoms with Crippen LogP contribution in [-0.2, 0) is 35.8 Å². The predicted molar refractivity (Wildman–Crippen MR) is 102 cm³/mol. The van der Waals surface area contributed by atoms with Crippen molar-refractivity contribution in [2.45, 2.75) is 39.8 Å². The maximum atomic E-state index is 11.8. The summed E-state index contributed by atoms with van der Waals surface area (Å²) < 4.78 is 37.5. The number of rotatable bonds is 9. The molecule has 0 atom stereocenters. The Kier molecular flexibility index (Phi) is 8.54. The number of benzene rings is 1. The second kappa shape index (κ2) is 10.2. The van der Waals surface area contributed by atoms with Crippen molar-refractivity contribution >= 4 is 33.7 Å². The van der Waals surface area contributed by atoms with E-state index in [0.29, 0.717) is 11.3 Å². The van der Waals surface area contributed by atoms with Gasteiger partial charge in [0.2, 0.25) is 0 Å². The van der Waals surface area contributed by atoms with Crippen molar-refractivity contribution in [1.82, 2.24) is 9.44 Å². The van der Waals surface area contributed by atoms with Gasteiger partial charge in [0.25, 0.3) is 16.0 Å². The van der Waals surface area contributed by atoms with Crippen LogP contribution in [0.3, 0.4) is 0 Å². The van der Waals surface area contributed by atoms with Gasteiger partial charge in [0.1, 0.15) is 5.60 Å². The summed E-state index contributed by atoms with van der Waals surface area (Å²) in [5, 5.41) is 2.56. The molecule has 0 unspecified atom stereocenters. The van der Waals surface area contributed by atoms with Crippen LogP contribution >= 0.6 is 0 Å². The Morgan fingerprint density at radius 3 is 2.18 bits per heavy atom. The van der Waals surface area contributed by atoms with Gasteiger partial charge in [0.05, 0.1) is 13.2 Å².